The molecule has 124 valence electrons. The van der Waals surface area contributed by atoms with Gasteiger partial charge >= 0.3 is 0 Å². The molecule has 1 aliphatic carbocycles. The maximum absolute atomic E-state index is 13.0. The summed E-state index contributed by atoms with van der Waals surface area (Å²) in [5.74, 6) is 0.519. The minimum Gasteiger partial charge on any atom is -0.361 e. The summed E-state index contributed by atoms with van der Waals surface area (Å²) in [4.78, 5) is 29.4. The lowest BCUT2D eigenvalue weighted by Gasteiger charge is -2.45. The van der Waals surface area contributed by atoms with E-state index in [0.29, 0.717) is 19.7 Å². The van der Waals surface area contributed by atoms with E-state index in [9.17, 15) is 9.59 Å². The largest absolute Gasteiger partial charge is 0.361 e. The van der Waals surface area contributed by atoms with Gasteiger partial charge in [0.25, 0.3) is 5.91 Å². The van der Waals surface area contributed by atoms with Crippen LogP contribution in [0.25, 0.3) is 0 Å². The van der Waals surface area contributed by atoms with Crippen LogP contribution in [0.15, 0.2) is 0 Å². The highest BCUT2D eigenvalue weighted by molar-refractivity contribution is 5.88. The molecule has 5 nitrogen and oxygen atoms in total. The second kappa shape index (κ2) is 6.19. The van der Waals surface area contributed by atoms with Gasteiger partial charge in [0.2, 0.25) is 5.91 Å². The molecule has 5 heteroatoms. The molecule has 0 aromatic carbocycles. The van der Waals surface area contributed by atoms with Gasteiger partial charge < -0.3 is 14.5 Å². The summed E-state index contributed by atoms with van der Waals surface area (Å²) in [5, 5.41) is 0. The Labute approximate surface area is 133 Å². The number of rotatable bonds is 2. The molecule has 3 rings (SSSR count). The van der Waals surface area contributed by atoms with Crippen molar-refractivity contribution < 1.29 is 14.3 Å². The molecule has 22 heavy (non-hydrogen) atoms. The van der Waals surface area contributed by atoms with Crippen molar-refractivity contribution in [2.45, 2.75) is 64.0 Å². The van der Waals surface area contributed by atoms with Crippen molar-refractivity contribution in [3.8, 4) is 0 Å². The van der Waals surface area contributed by atoms with E-state index in [2.05, 4.69) is 13.8 Å². The van der Waals surface area contributed by atoms with E-state index >= 15 is 0 Å². The van der Waals surface area contributed by atoms with Crippen LogP contribution in [0, 0.1) is 5.92 Å². The van der Waals surface area contributed by atoms with E-state index in [1.54, 1.807) is 0 Å². The first-order valence-corrected chi connectivity index (χ1v) is 8.77. The molecule has 1 unspecified atom stereocenters. The van der Waals surface area contributed by atoms with E-state index in [4.69, 9.17) is 4.74 Å². The molecule has 0 aromatic rings. The Morgan fingerprint density at radius 1 is 1.23 bits per heavy atom. The van der Waals surface area contributed by atoms with E-state index in [1.165, 1.54) is 0 Å². The molecule has 3 aliphatic rings. The summed E-state index contributed by atoms with van der Waals surface area (Å²) in [6.07, 6.45) is 5.92. The molecule has 2 amide bonds. The first-order valence-electron chi connectivity index (χ1n) is 8.77. The molecule has 2 heterocycles. The fourth-order valence-corrected chi connectivity index (χ4v) is 3.82. The second-order valence-corrected chi connectivity index (χ2v) is 7.28. The Morgan fingerprint density at radius 2 is 2.00 bits per heavy atom. The predicted molar refractivity (Wildman–Crippen MR) is 83.3 cm³/mol. The molecule has 2 saturated heterocycles. The van der Waals surface area contributed by atoms with Gasteiger partial charge in [-0.15, -0.1) is 0 Å². The second-order valence-electron chi connectivity index (χ2n) is 7.28. The van der Waals surface area contributed by atoms with Crippen LogP contribution in [0.1, 0.15) is 52.4 Å². The van der Waals surface area contributed by atoms with E-state index < -0.39 is 5.60 Å². The molecule has 0 aromatic heterocycles. The fraction of sp³-hybridized carbons (Fsp3) is 0.882. The zero-order valence-electron chi connectivity index (χ0n) is 13.8. The Morgan fingerprint density at radius 3 is 2.64 bits per heavy atom. The van der Waals surface area contributed by atoms with Crippen LogP contribution < -0.4 is 0 Å². The van der Waals surface area contributed by atoms with Gasteiger partial charge in [0.15, 0.2) is 5.60 Å². The summed E-state index contributed by atoms with van der Waals surface area (Å²) < 4.78 is 6.01. The molecule has 0 bridgehead atoms. The predicted octanol–water partition coefficient (Wildman–Crippen LogP) is 1.80. The SMILES string of the molecule is CC(C)N1CCCCC2(CN(C(=O)C3CCC3)CCO2)C1=O. The van der Waals surface area contributed by atoms with Crippen molar-refractivity contribution in [3.05, 3.63) is 0 Å². The third-order valence-corrected chi connectivity index (χ3v) is 5.46. The number of morpholine rings is 1. The van der Waals surface area contributed by atoms with E-state index in [-0.39, 0.29) is 23.8 Å². The maximum Gasteiger partial charge on any atom is 0.256 e. The lowest BCUT2D eigenvalue weighted by molar-refractivity contribution is -0.177. The monoisotopic (exact) mass is 308 g/mol. The van der Waals surface area contributed by atoms with E-state index in [0.717, 1.165) is 45.1 Å². The molecule has 0 N–H and O–H groups in total. The van der Waals surface area contributed by atoms with Crippen molar-refractivity contribution in [1.29, 1.82) is 0 Å². The third kappa shape index (κ3) is 2.75. The Kier molecular flexibility index (Phi) is 4.44. The number of ether oxygens (including phenoxy) is 1. The fourth-order valence-electron chi connectivity index (χ4n) is 3.82. The number of carbonyl (C=O) groups excluding carboxylic acids is 2. The molecule has 1 saturated carbocycles. The minimum atomic E-state index is -0.793. The number of likely N-dealkylation sites (tertiary alicyclic amines) is 1. The van der Waals surface area contributed by atoms with Gasteiger partial charge in [0.1, 0.15) is 0 Å². The Balaban J connectivity index is 1.77. The normalized spacial score (nSPS) is 30.6. The minimum absolute atomic E-state index is 0.0890. The van der Waals surface area contributed by atoms with Gasteiger partial charge in [0.05, 0.1) is 13.2 Å². The van der Waals surface area contributed by atoms with Crippen molar-refractivity contribution in [2.24, 2.45) is 5.92 Å². The molecular weight excluding hydrogens is 280 g/mol. The van der Waals surface area contributed by atoms with Gasteiger partial charge in [0, 0.05) is 25.0 Å². The molecule has 2 aliphatic heterocycles. The van der Waals surface area contributed by atoms with Gasteiger partial charge in [-0.1, -0.05) is 6.42 Å². The number of nitrogens with zero attached hydrogens (tertiary/aromatic N) is 2. The zero-order chi connectivity index (χ0) is 15.7. The Hall–Kier alpha value is -1.10. The van der Waals surface area contributed by atoms with Crippen LogP contribution in [-0.4, -0.2) is 59.5 Å². The zero-order valence-corrected chi connectivity index (χ0v) is 13.8. The van der Waals surface area contributed by atoms with Crippen molar-refractivity contribution in [1.82, 2.24) is 9.80 Å². The topological polar surface area (TPSA) is 49.9 Å². The van der Waals surface area contributed by atoms with Crippen molar-refractivity contribution >= 4 is 11.8 Å². The summed E-state index contributed by atoms with van der Waals surface area (Å²) in [6.45, 7) is 6.47. The molecule has 0 radical (unpaired) electrons. The summed E-state index contributed by atoms with van der Waals surface area (Å²) >= 11 is 0. The van der Waals surface area contributed by atoms with Gasteiger partial charge in [-0.3, -0.25) is 9.59 Å². The summed E-state index contributed by atoms with van der Waals surface area (Å²) in [5.41, 5.74) is -0.793. The van der Waals surface area contributed by atoms with Crippen molar-refractivity contribution in [3.63, 3.8) is 0 Å². The van der Waals surface area contributed by atoms with Gasteiger partial charge in [-0.25, -0.2) is 0 Å². The number of hydrogen-bond donors (Lipinski definition) is 0. The summed E-state index contributed by atoms with van der Waals surface area (Å²) in [6, 6.07) is 0.184. The number of hydrogen-bond acceptors (Lipinski definition) is 3. The lowest BCUT2D eigenvalue weighted by Crippen LogP contribution is -2.62. The third-order valence-electron chi connectivity index (χ3n) is 5.46. The first kappa shape index (κ1) is 15.8. The smallest absolute Gasteiger partial charge is 0.256 e. The van der Waals surface area contributed by atoms with Gasteiger partial charge in [-0.05, 0) is 46.0 Å². The average Bonchev–Trinajstić information content (AvgIpc) is 2.58. The van der Waals surface area contributed by atoms with Crippen LogP contribution in [0.4, 0.5) is 0 Å². The average molecular weight is 308 g/mol. The highest BCUT2D eigenvalue weighted by Gasteiger charge is 2.48. The maximum atomic E-state index is 13.0. The Bertz CT molecular complexity index is 447. The standard InChI is InChI=1S/C17H28N2O3/c1-13(2)19-9-4-3-8-17(16(19)21)12-18(10-11-22-17)15(20)14-6-5-7-14/h13-14H,3-12H2,1-2H3. The molecule has 1 atom stereocenters. The van der Waals surface area contributed by atoms with Crippen LogP contribution >= 0.6 is 0 Å². The highest BCUT2D eigenvalue weighted by atomic mass is 16.5. The highest BCUT2D eigenvalue weighted by Crippen LogP contribution is 2.34. The van der Waals surface area contributed by atoms with Crippen LogP contribution in [0.2, 0.25) is 0 Å². The van der Waals surface area contributed by atoms with Gasteiger partial charge in [-0.2, -0.15) is 0 Å². The van der Waals surface area contributed by atoms with E-state index in [1.807, 2.05) is 9.80 Å². The summed E-state index contributed by atoms with van der Waals surface area (Å²) in [7, 11) is 0. The van der Waals surface area contributed by atoms with Crippen LogP contribution in [0.3, 0.4) is 0 Å². The molecular formula is C17H28N2O3. The van der Waals surface area contributed by atoms with Crippen LogP contribution in [-0.2, 0) is 14.3 Å². The van der Waals surface area contributed by atoms with Crippen molar-refractivity contribution in [2.75, 3.05) is 26.2 Å². The first-order chi connectivity index (χ1) is 10.5. The molecule has 3 fully saturated rings. The number of amides is 2. The number of carbonyl (C=O) groups is 2. The quantitative estimate of drug-likeness (QED) is 0.781. The van der Waals surface area contributed by atoms with Crippen LogP contribution in [0.5, 0.6) is 0 Å². The lowest BCUT2D eigenvalue weighted by atomic mass is 9.83. The molecule has 1 spiro atoms.